The van der Waals surface area contributed by atoms with Crippen molar-refractivity contribution in [3.8, 4) is 11.5 Å². The molecule has 1 amide bonds. The van der Waals surface area contributed by atoms with Crippen molar-refractivity contribution < 1.29 is 14.3 Å². The van der Waals surface area contributed by atoms with Gasteiger partial charge in [0.2, 0.25) is 0 Å². The quantitative estimate of drug-likeness (QED) is 0.878. The van der Waals surface area contributed by atoms with Gasteiger partial charge in [-0.05, 0) is 48.7 Å². The summed E-state index contributed by atoms with van der Waals surface area (Å²) in [6.07, 6.45) is 1.06. The number of hydrogen-bond acceptors (Lipinski definition) is 4. The van der Waals surface area contributed by atoms with Crippen LogP contribution >= 0.6 is 0 Å². The third-order valence-electron chi connectivity index (χ3n) is 4.62. The second kappa shape index (κ2) is 7.92. The summed E-state index contributed by atoms with van der Waals surface area (Å²) in [5.41, 5.74) is 1.77. The minimum Gasteiger partial charge on any atom is -0.497 e. The molecule has 1 fully saturated rings. The van der Waals surface area contributed by atoms with E-state index in [1.54, 1.807) is 38.5 Å². The average Bonchev–Trinajstić information content (AvgIpc) is 3.15. The van der Waals surface area contributed by atoms with Gasteiger partial charge >= 0.3 is 0 Å². The molecule has 0 saturated carbocycles. The fourth-order valence-electron chi connectivity index (χ4n) is 3.19. The van der Waals surface area contributed by atoms with Crippen molar-refractivity contribution in [2.24, 2.45) is 5.92 Å². The van der Waals surface area contributed by atoms with Crippen LogP contribution in [0.15, 0.2) is 48.5 Å². The molecule has 1 heterocycles. The van der Waals surface area contributed by atoms with Gasteiger partial charge < -0.3 is 19.7 Å². The maximum atomic E-state index is 12.3. The van der Waals surface area contributed by atoms with Crippen LogP contribution in [-0.4, -0.2) is 39.8 Å². The van der Waals surface area contributed by atoms with E-state index in [0.717, 1.165) is 36.7 Å². The van der Waals surface area contributed by atoms with E-state index in [1.807, 2.05) is 18.2 Å². The maximum absolute atomic E-state index is 12.3. The molecular formula is C20H24N2O3. The molecule has 1 aliphatic heterocycles. The molecule has 5 heteroatoms. The maximum Gasteiger partial charge on any atom is 0.251 e. The van der Waals surface area contributed by atoms with Crippen molar-refractivity contribution in [3.05, 3.63) is 54.1 Å². The number of ether oxygens (including phenoxy) is 2. The third-order valence-corrected chi connectivity index (χ3v) is 4.62. The van der Waals surface area contributed by atoms with Crippen LogP contribution in [0.5, 0.6) is 11.5 Å². The number of benzene rings is 2. The molecule has 1 atom stereocenters. The molecule has 0 aromatic heterocycles. The Hall–Kier alpha value is -2.69. The van der Waals surface area contributed by atoms with Gasteiger partial charge in [-0.1, -0.05) is 12.1 Å². The minimum atomic E-state index is -0.0432. The van der Waals surface area contributed by atoms with Crippen molar-refractivity contribution in [1.29, 1.82) is 0 Å². The molecule has 2 aromatic rings. The van der Waals surface area contributed by atoms with Crippen molar-refractivity contribution in [3.63, 3.8) is 0 Å². The zero-order valence-corrected chi connectivity index (χ0v) is 14.7. The molecule has 0 aliphatic carbocycles. The van der Waals surface area contributed by atoms with E-state index in [9.17, 15) is 4.79 Å². The van der Waals surface area contributed by atoms with Crippen molar-refractivity contribution in [1.82, 2.24) is 5.32 Å². The molecule has 1 saturated heterocycles. The van der Waals surface area contributed by atoms with E-state index in [-0.39, 0.29) is 5.91 Å². The number of methoxy groups -OCH3 is 2. The number of carbonyl (C=O) groups excluding carboxylic acids is 1. The zero-order valence-electron chi connectivity index (χ0n) is 14.7. The predicted octanol–water partition coefficient (Wildman–Crippen LogP) is 2.96. The van der Waals surface area contributed by atoms with Gasteiger partial charge in [-0.3, -0.25) is 4.79 Å². The molecule has 0 radical (unpaired) electrons. The van der Waals surface area contributed by atoms with E-state index < -0.39 is 0 Å². The lowest BCUT2D eigenvalue weighted by molar-refractivity contribution is 0.0948. The Morgan fingerprint density at radius 1 is 1.12 bits per heavy atom. The van der Waals surface area contributed by atoms with Gasteiger partial charge in [-0.25, -0.2) is 0 Å². The lowest BCUT2D eigenvalue weighted by atomic mass is 10.1. The third kappa shape index (κ3) is 4.05. The van der Waals surface area contributed by atoms with Crippen LogP contribution in [0, 0.1) is 5.92 Å². The van der Waals surface area contributed by atoms with Gasteiger partial charge in [0.15, 0.2) is 0 Å². The second-order valence-electron chi connectivity index (χ2n) is 6.21. The van der Waals surface area contributed by atoms with E-state index in [1.165, 1.54) is 0 Å². The Labute approximate surface area is 148 Å². The Kier molecular flexibility index (Phi) is 5.43. The standard InChI is InChI=1S/C20H24N2O3/c1-24-17-9-7-16(8-10-17)20(23)21-13-15-11-12-22(14-15)18-5-3-4-6-19(18)25-2/h3-10,15H,11-14H2,1-2H3,(H,21,23). The van der Waals surface area contributed by atoms with Gasteiger partial charge in [-0.2, -0.15) is 0 Å². The average molecular weight is 340 g/mol. The van der Waals surface area contributed by atoms with Crippen molar-refractivity contribution in [2.75, 3.05) is 38.8 Å². The van der Waals surface area contributed by atoms with Crippen molar-refractivity contribution >= 4 is 11.6 Å². The molecule has 1 unspecified atom stereocenters. The van der Waals surface area contributed by atoms with Crippen LogP contribution in [0.4, 0.5) is 5.69 Å². The highest BCUT2D eigenvalue weighted by molar-refractivity contribution is 5.94. The molecular weight excluding hydrogens is 316 g/mol. The fraction of sp³-hybridized carbons (Fsp3) is 0.350. The number of para-hydroxylation sites is 2. The summed E-state index contributed by atoms with van der Waals surface area (Å²) in [5.74, 6) is 2.04. The molecule has 0 bridgehead atoms. The van der Waals surface area contributed by atoms with Crippen LogP contribution in [0.3, 0.4) is 0 Å². The number of nitrogens with zero attached hydrogens (tertiary/aromatic N) is 1. The van der Waals surface area contributed by atoms with Gasteiger partial charge in [0, 0.05) is 25.2 Å². The number of hydrogen-bond donors (Lipinski definition) is 1. The van der Waals surface area contributed by atoms with E-state index in [0.29, 0.717) is 18.0 Å². The van der Waals surface area contributed by atoms with Gasteiger partial charge in [0.05, 0.1) is 19.9 Å². The van der Waals surface area contributed by atoms with Crippen LogP contribution in [0.2, 0.25) is 0 Å². The van der Waals surface area contributed by atoms with Crippen molar-refractivity contribution in [2.45, 2.75) is 6.42 Å². The highest BCUT2D eigenvalue weighted by atomic mass is 16.5. The molecule has 3 rings (SSSR count). The summed E-state index contributed by atoms with van der Waals surface area (Å²) in [4.78, 5) is 14.6. The molecule has 5 nitrogen and oxygen atoms in total. The number of amides is 1. The zero-order chi connectivity index (χ0) is 17.6. The second-order valence-corrected chi connectivity index (χ2v) is 6.21. The summed E-state index contributed by atoms with van der Waals surface area (Å²) < 4.78 is 10.6. The van der Waals surface area contributed by atoms with Crippen LogP contribution in [0.1, 0.15) is 16.8 Å². The highest BCUT2D eigenvalue weighted by Crippen LogP contribution is 2.31. The topological polar surface area (TPSA) is 50.8 Å². The summed E-state index contributed by atoms with van der Waals surface area (Å²) in [6, 6.07) is 15.2. The molecule has 132 valence electrons. The molecule has 25 heavy (non-hydrogen) atoms. The summed E-state index contributed by atoms with van der Waals surface area (Å²) in [7, 11) is 3.31. The van der Waals surface area contributed by atoms with Crippen LogP contribution in [0.25, 0.3) is 0 Å². The molecule has 0 spiro atoms. The Bertz CT molecular complexity index is 715. The molecule has 1 N–H and O–H groups in total. The Morgan fingerprint density at radius 3 is 2.60 bits per heavy atom. The van der Waals surface area contributed by atoms with E-state index >= 15 is 0 Å². The number of carbonyl (C=O) groups is 1. The lowest BCUT2D eigenvalue weighted by Gasteiger charge is -2.21. The molecule has 1 aliphatic rings. The normalized spacial score (nSPS) is 16.6. The van der Waals surface area contributed by atoms with Gasteiger partial charge in [0.25, 0.3) is 5.91 Å². The van der Waals surface area contributed by atoms with E-state index in [4.69, 9.17) is 9.47 Å². The summed E-state index contributed by atoms with van der Waals surface area (Å²) in [5, 5.41) is 3.04. The smallest absolute Gasteiger partial charge is 0.251 e. The highest BCUT2D eigenvalue weighted by Gasteiger charge is 2.24. The molecule has 2 aromatic carbocycles. The predicted molar refractivity (Wildman–Crippen MR) is 98.6 cm³/mol. The summed E-state index contributed by atoms with van der Waals surface area (Å²) >= 11 is 0. The van der Waals surface area contributed by atoms with Gasteiger partial charge in [0.1, 0.15) is 11.5 Å². The first kappa shape index (κ1) is 17.1. The first-order chi connectivity index (χ1) is 12.2. The fourth-order valence-corrected chi connectivity index (χ4v) is 3.19. The van der Waals surface area contributed by atoms with Crippen LogP contribution in [-0.2, 0) is 0 Å². The Balaban J connectivity index is 1.53. The van der Waals surface area contributed by atoms with Crippen LogP contribution < -0.4 is 19.7 Å². The first-order valence-electron chi connectivity index (χ1n) is 8.51. The number of nitrogens with one attached hydrogen (secondary N) is 1. The minimum absolute atomic E-state index is 0.0432. The SMILES string of the molecule is COc1ccc(C(=O)NCC2CCN(c3ccccc3OC)C2)cc1. The van der Waals surface area contributed by atoms with E-state index in [2.05, 4.69) is 16.3 Å². The lowest BCUT2D eigenvalue weighted by Crippen LogP contribution is -2.31. The number of anilines is 1. The van der Waals surface area contributed by atoms with Gasteiger partial charge in [-0.15, -0.1) is 0 Å². The Morgan fingerprint density at radius 2 is 1.88 bits per heavy atom. The first-order valence-corrected chi connectivity index (χ1v) is 8.51. The summed E-state index contributed by atoms with van der Waals surface area (Å²) in [6.45, 7) is 2.57. The monoisotopic (exact) mass is 340 g/mol. The number of rotatable bonds is 6. The largest absolute Gasteiger partial charge is 0.497 e.